The molecule has 1 unspecified atom stereocenters. The Bertz CT molecular complexity index is 808. The quantitative estimate of drug-likeness (QED) is 0.748. The van der Waals surface area contributed by atoms with Crippen LogP contribution in [-0.4, -0.2) is 22.3 Å². The van der Waals surface area contributed by atoms with Crippen LogP contribution in [0.5, 0.6) is 0 Å². The van der Waals surface area contributed by atoms with Crippen LogP contribution >= 0.6 is 11.6 Å². The third-order valence-electron chi connectivity index (χ3n) is 4.00. The number of H-pyrrole nitrogens is 1. The summed E-state index contributed by atoms with van der Waals surface area (Å²) in [6.07, 6.45) is 0. The average molecular weight is 322 g/mol. The number of quaternary nitrogens is 1. The standard InChI is InChI=1S/C15H17ClN4O2/c1-9(2)19-7-12-13(17-8-19)20(15(22)18-14(12)21)11-5-3-10(16)4-6-11/h3-6,9,17H,7-8H2,1-2H3,(H,18,21,22)/p+1. The summed E-state index contributed by atoms with van der Waals surface area (Å²) in [5.41, 5.74) is 0.494. The molecule has 0 bridgehead atoms. The first-order chi connectivity index (χ1) is 10.5. The van der Waals surface area contributed by atoms with Crippen LogP contribution in [0, 0.1) is 0 Å². The highest BCUT2D eigenvalue weighted by Crippen LogP contribution is 2.18. The number of aromatic nitrogens is 2. The highest BCUT2D eigenvalue weighted by molar-refractivity contribution is 6.30. The third kappa shape index (κ3) is 2.55. The number of benzene rings is 1. The smallest absolute Gasteiger partial charge is 0.324 e. The fourth-order valence-electron chi connectivity index (χ4n) is 2.65. The van der Waals surface area contributed by atoms with E-state index in [1.54, 1.807) is 24.3 Å². The highest BCUT2D eigenvalue weighted by atomic mass is 35.5. The zero-order valence-corrected chi connectivity index (χ0v) is 13.2. The Hall–Kier alpha value is -2.05. The van der Waals surface area contributed by atoms with E-state index in [9.17, 15) is 9.59 Å². The van der Waals surface area contributed by atoms with Crippen LogP contribution in [0.3, 0.4) is 0 Å². The van der Waals surface area contributed by atoms with Crippen molar-refractivity contribution in [3.05, 3.63) is 55.7 Å². The second-order valence-corrected chi connectivity index (χ2v) is 6.18. The summed E-state index contributed by atoms with van der Waals surface area (Å²) in [6, 6.07) is 7.33. The van der Waals surface area contributed by atoms with E-state index in [-0.39, 0.29) is 5.56 Å². The van der Waals surface area contributed by atoms with E-state index in [0.29, 0.717) is 41.3 Å². The summed E-state index contributed by atoms with van der Waals surface area (Å²) in [7, 11) is 0. The van der Waals surface area contributed by atoms with Gasteiger partial charge in [-0.2, -0.15) is 0 Å². The maximum atomic E-state index is 12.2. The number of halogens is 1. The molecule has 1 aliphatic rings. The molecule has 1 aromatic carbocycles. The lowest BCUT2D eigenvalue weighted by atomic mass is 10.2. The SMILES string of the molecule is CC(C)[NH+]1CNc2c(c(=O)[nH]c(=O)n2-c2ccc(Cl)cc2)C1. The molecule has 7 heteroatoms. The number of anilines is 1. The predicted molar refractivity (Wildman–Crippen MR) is 86.0 cm³/mol. The van der Waals surface area contributed by atoms with Crippen molar-refractivity contribution in [1.82, 2.24) is 9.55 Å². The van der Waals surface area contributed by atoms with Gasteiger partial charge >= 0.3 is 5.69 Å². The number of fused-ring (bicyclic) bond motifs is 1. The van der Waals surface area contributed by atoms with Gasteiger partial charge in [0.05, 0.1) is 11.7 Å². The second-order valence-electron chi connectivity index (χ2n) is 5.74. The van der Waals surface area contributed by atoms with Gasteiger partial charge in [-0.05, 0) is 38.1 Å². The predicted octanol–water partition coefficient (Wildman–Crippen LogP) is 0.355. The topological polar surface area (TPSA) is 71.3 Å². The Morgan fingerprint density at radius 2 is 1.91 bits per heavy atom. The minimum absolute atomic E-state index is 0.324. The molecule has 2 heterocycles. The Morgan fingerprint density at radius 3 is 2.55 bits per heavy atom. The first kappa shape index (κ1) is 14.9. The normalized spacial score (nSPS) is 17.2. The molecule has 1 aliphatic heterocycles. The molecule has 3 N–H and O–H groups in total. The van der Waals surface area contributed by atoms with Gasteiger partial charge in [-0.3, -0.25) is 9.78 Å². The van der Waals surface area contributed by atoms with Crippen molar-refractivity contribution < 1.29 is 4.90 Å². The number of nitrogens with one attached hydrogen (secondary N) is 3. The molecule has 2 aromatic rings. The summed E-state index contributed by atoms with van der Waals surface area (Å²) in [4.78, 5) is 28.0. The molecule has 6 nitrogen and oxygen atoms in total. The average Bonchev–Trinajstić information content (AvgIpc) is 2.48. The molecule has 3 rings (SSSR count). The van der Waals surface area contributed by atoms with Gasteiger partial charge < -0.3 is 10.2 Å². The largest absolute Gasteiger partial charge is 0.334 e. The fraction of sp³-hybridized carbons (Fsp3) is 0.333. The van der Waals surface area contributed by atoms with Gasteiger partial charge in [-0.25, -0.2) is 9.36 Å². The molecular weight excluding hydrogens is 304 g/mol. The van der Waals surface area contributed by atoms with Gasteiger partial charge in [0.1, 0.15) is 17.9 Å². The third-order valence-corrected chi connectivity index (χ3v) is 4.25. The first-order valence-corrected chi connectivity index (χ1v) is 7.57. The summed E-state index contributed by atoms with van der Waals surface area (Å²) in [5, 5.41) is 3.83. The first-order valence-electron chi connectivity index (χ1n) is 7.20. The molecular formula is C15H18ClN4O2+. The van der Waals surface area contributed by atoms with Crippen molar-refractivity contribution in [2.24, 2.45) is 0 Å². The minimum atomic E-state index is -0.452. The van der Waals surface area contributed by atoms with Crippen molar-refractivity contribution >= 4 is 17.4 Å². The van der Waals surface area contributed by atoms with Gasteiger partial charge in [0.15, 0.2) is 6.67 Å². The van der Waals surface area contributed by atoms with Crippen molar-refractivity contribution in [2.75, 3.05) is 12.0 Å². The monoisotopic (exact) mass is 321 g/mol. The molecule has 0 spiro atoms. The van der Waals surface area contributed by atoms with E-state index in [1.807, 2.05) is 0 Å². The van der Waals surface area contributed by atoms with E-state index in [4.69, 9.17) is 11.6 Å². The van der Waals surface area contributed by atoms with Crippen LogP contribution in [0.1, 0.15) is 19.4 Å². The van der Waals surface area contributed by atoms with Gasteiger partial charge in [-0.1, -0.05) is 11.6 Å². The Kier molecular flexibility index (Phi) is 3.80. The molecule has 116 valence electrons. The van der Waals surface area contributed by atoms with E-state index >= 15 is 0 Å². The Balaban J connectivity index is 2.17. The van der Waals surface area contributed by atoms with Crippen LogP contribution in [0.15, 0.2) is 33.9 Å². The van der Waals surface area contributed by atoms with Crippen LogP contribution in [0.2, 0.25) is 5.02 Å². The molecule has 0 radical (unpaired) electrons. The zero-order chi connectivity index (χ0) is 15.9. The van der Waals surface area contributed by atoms with E-state index in [0.717, 1.165) is 0 Å². The van der Waals surface area contributed by atoms with Crippen LogP contribution < -0.4 is 21.5 Å². The number of rotatable bonds is 2. The van der Waals surface area contributed by atoms with Gasteiger partial charge in [0.25, 0.3) is 5.56 Å². The summed E-state index contributed by atoms with van der Waals surface area (Å²) < 4.78 is 1.49. The highest BCUT2D eigenvalue weighted by Gasteiger charge is 2.27. The minimum Gasteiger partial charge on any atom is -0.324 e. The van der Waals surface area contributed by atoms with Crippen LogP contribution in [0.25, 0.3) is 5.69 Å². The van der Waals surface area contributed by atoms with Crippen molar-refractivity contribution in [1.29, 1.82) is 0 Å². The molecule has 0 aliphatic carbocycles. The van der Waals surface area contributed by atoms with E-state index in [2.05, 4.69) is 24.1 Å². The Morgan fingerprint density at radius 1 is 1.23 bits per heavy atom. The van der Waals surface area contributed by atoms with Gasteiger partial charge in [0.2, 0.25) is 0 Å². The second kappa shape index (κ2) is 5.62. The van der Waals surface area contributed by atoms with Gasteiger partial charge in [-0.15, -0.1) is 0 Å². The maximum absolute atomic E-state index is 12.2. The lowest BCUT2D eigenvalue weighted by Crippen LogP contribution is -3.15. The van der Waals surface area contributed by atoms with E-state index in [1.165, 1.54) is 9.47 Å². The number of aromatic amines is 1. The number of hydrogen-bond donors (Lipinski definition) is 3. The van der Waals surface area contributed by atoms with Gasteiger partial charge in [0, 0.05) is 5.02 Å². The molecule has 0 fully saturated rings. The lowest BCUT2D eigenvalue weighted by molar-refractivity contribution is -0.933. The molecule has 1 atom stereocenters. The summed E-state index contributed by atoms with van der Waals surface area (Å²) in [6.45, 7) is 5.46. The molecule has 1 aromatic heterocycles. The zero-order valence-electron chi connectivity index (χ0n) is 12.4. The van der Waals surface area contributed by atoms with Crippen LogP contribution in [-0.2, 0) is 6.54 Å². The van der Waals surface area contributed by atoms with Crippen molar-refractivity contribution in [2.45, 2.75) is 26.4 Å². The van der Waals surface area contributed by atoms with E-state index < -0.39 is 5.69 Å². The fourth-order valence-corrected chi connectivity index (χ4v) is 2.78. The maximum Gasteiger partial charge on any atom is 0.334 e. The number of nitrogens with zero attached hydrogens (tertiary/aromatic N) is 1. The molecule has 0 saturated carbocycles. The summed E-state index contributed by atoms with van der Waals surface area (Å²) in [5.74, 6) is 0.570. The number of hydrogen-bond acceptors (Lipinski definition) is 3. The molecule has 0 amide bonds. The summed E-state index contributed by atoms with van der Waals surface area (Å²) >= 11 is 5.90. The Labute approximate surface area is 132 Å². The van der Waals surface area contributed by atoms with Crippen LogP contribution in [0.4, 0.5) is 5.82 Å². The van der Waals surface area contributed by atoms with Crippen molar-refractivity contribution in [3.8, 4) is 5.69 Å². The molecule has 0 saturated heterocycles. The molecule has 22 heavy (non-hydrogen) atoms. The lowest BCUT2D eigenvalue weighted by Gasteiger charge is -2.30. The van der Waals surface area contributed by atoms with Crippen molar-refractivity contribution in [3.63, 3.8) is 0 Å².